The number of hydrogen-bond acceptors (Lipinski definition) is 5. The van der Waals surface area contributed by atoms with Crippen molar-refractivity contribution in [2.75, 3.05) is 13.6 Å². The molecule has 0 unspecified atom stereocenters. The Morgan fingerprint density at radius 2 is 2.33 bits per heavy atom. The number of carbonyl (C=O) groups is 1. The molecule has 1 N–H and O–H groups in total. The van der Waals surface area contributed by atoms with Gasteiger partial charge in [0.1, 0.15) is 5.58 Å². The third kappa shape index (κ3) is 1.98. The molecule has 0 bridgehead atoms. The van der Waals surface area contributed by atoms with Crippen molar-refractivity contribution in [3.63, 3.8) is 0 Å². The van der Waals surface area contributed by atoms with E-state index in [4.69, 9.17) is 4.42 Å². The Kier molecular flexibility index (Phi) is 2.66. The van der Waals surface area contributed by atoms with Gasteiger partial charge in [0.25, 0.3) is 0 Å². The molecule has 0 saturated carbocycles. The largest absolute Gasteiger partial charge is 0.414 e. The molecule has 0 fully saturated rings. The first-order chi connectivity index (χ1) is 7.20. The van der Waals surface area contributed by atoms with Crippen LogP contribution in [0.25, 0.3) is 10.3 Å². The minimum atomic E-state index is -0.344. The van der Waals surface area contributed by atoms with E-state index in [0.717, 1.165) is 16.0 Å². The third-order valence-electron chi connectivity index (χ3n) is 1.99. The molecule has 1 heterocycles. The van der Waals surface area contributed by atoms with Crippen molar-refractivity contribution in [1.29, 1.82) is 0 Å². The number of carbonyl (C=O) groups excluding carboxylic acids is 1. The molecule has 0 saturated heterocycles. The number of benzene rings is 1. The summed E-state index contributed by atoms with van der Waals surface area (Å²) in [6.45, 7) is 0.278. The Balaban J connectivity index is 2.46. The second kappa shape index (κ2) is 3.96. The molecule has 4 nitrogen and oxygen atoms in total. The van der Waals surface area contributed by atoms with E-state index in [2.05, 4.69) is 5.32 Å². The van der Waals surface area contributed by atoms with Gasteiger partial charge in [-0.1, -0.05) is 11.3 Å². The molecule has 0 aliphatic carbocycles. The second-order valence-electron chi connectivity index (χ2n) is 3.07. The fourth-order valence-electron chi connectivity index (χ4n) is 1.31. The van der Waals surface area contributed by atoms with Crippen LogP contribution in [0.15, 0.2) is 27.4 Å². The highest BCUT2D eigenvalue weighted by Gasteiger charge is 2.08. The second-order valence-corrected chi connectivity index (χ2v) is 4.05. The maximum atomic E-state index is 11.5. The minimum Gasteiger partial charge on any atom is -0.414 e. The summed E-state index contributed by atoms with van der Waals surface area (Å²) in [5.74, 6) is -0.0201. The molecule has 78 valence electrons. The Morgan fingerprint density at radius 3 is 3.07 bits per heavy atom. The summed E-state index contributed by atoms with van der Waals surface area (Å²) in [7, 11) is 1.71. The molecule has 2 aromatic rings. The lowest BCUT2D eigenvalue weighted by Gasteiger charge is -1.98. The van der Waals surface area contributed by atoms with E-state index in [1.54, 1.807) is 25.2 Å². The molecule has 1 aromatic carbocycles. The lowest BCUT2D eigenvalue weighted by molar-refractivity contribution is 0.0993. The summed E-state index contributed by atoms with van der Waals surface area (Å²) in [4.78, 5) is 22.1. The Bertz CT molecular complexity index is 555. The van der Waals surface area contributed by atoms with E-state index in [9.17, 15) is 9.59 Å². The van der Waals surface area contributed by atoms with Crippen LogP contribution in [0.5, 0.6) is 0 Å². The standard InChI is InChI=1S/C10H9NO3S/c1-11-5-7(12)6-2-3-9-8(4-6)14-10(13)15-9/h2-4,11H,5H2,1H3. The van der Waals surface area contributed by atoms with Crippen molar-refractivity contribution in [3.05, 3.63) is 33.5 Å². The summed E-state index contributed by atoms with van der Waals surface area (Å²) in [5.41, 5.74) is 1.03. The normalized spacial score (nSPS) is 10.7. The fourth-order valence-corrected chi connectivity index (χ4v) is 1.96. The van der Waals surface area contributed by atoms with Crippen molar-refractivity contribution < 1.29 is 9.21 Å². The SMILES string of the molecule is CNCC(=O)c1ccc2sc(=O)oc2c1. The Hall–Kier alpha value is -1.46. The molecule has 0 aliphatic rings. The highest BCUT2D eigenvalue weighted by atomic mass is 32.1. The van der Waals surface area contributed by atoms with Crippen LogP contribution in [-0.2, 0) is 0 Å². The quantitative estimate of drug-likeness (QED) is 0.796. The van der Waals surface area contributed by atoms with Crippen LogP contribution in [-0.4, -0.2) is 19.4 Å². The van der Waals surface area contributed by atoms with Gasteiger partial charge in [0.05, 0.1) is 11.2 Å². The van der Waals surface area contributed by atoms with Crippen molar-refractivity contribution in [3.8, 4) is 0 Å². The molecule has 0 radical (unpaired) electrons. The summed E-state index contributed by atoms with van der Waals surface area (Å²) < 4.78 is 5.69. The Morgan fingerprint density at radius 1 is 1.53 bits per heavy atom. The predicted octanol–water partition coefficient (Wildman–Crippen LogP) is 1.26. The smallest absolute Gasteiger partial charge is 0.396 e. The number of hydrogen-bond donors (Lipinski definition) is 1. The van der Waals surface area contributed by atoms with Gasteiger partial charge in [-0.3, -0.25) is 4.79 Å². The van der Waals surface area contributed by atoms with Crippen molar-refractivity contribution in [2.24, 2.45) is 0 Å². The first-order valence-corrected chi connectivity index (χ1v) is 5.24. The molecule has 0 spiro atoms. The molecule has 0 atom stereocenters. The highest BCUT2D eigenvalue weighted by Crippen LogP contribution is 2.18. The van der Waals surface area contributed by atoms with Gasteiger partial charge in [-0.15, -0.1) is 0 Å². The lowest BCUT2D eigenvalue weighted by Crippen LogP contribution is -2.18. The van der Waals surface area contributed by atoms with Crippen LogP contribution >= 0.6 is 11.3 Å². The van der Waals surface area contributed by atoms with E-state index in [1.807, 2.05) is 0 Å². The number of ketones is 1. The fraction of sp³-hybridized carbons (Fsp3) is 0.200. The van der Waals surface area contributed by atoms with Gasteiger partial charge >= 0.3 is 4.94 Å². The zero-order valence-electron chi connectivity index (χ0n) is 8.07. The summed E-state index contributed by atoms with van der Waals surface area (Å²) in [6.07, 6.45) is 0. The van der Waals surface area contributed by atoms with E-state index < -0.39 is 0 Å². The monoisotopic (exact) mass is 223 g/mol. The molecule has 1 aromatic heterocycles. The van der Waals surface area contributed by atoms with Gasteiger partial charge in [0.2, 0.25) is 0 Å². The van der Waals surface area contributed by atoms with Crippen LogP contribution in [0.2, 0.25) is 0 Å². The summed E-state index contributed by atoms with van der Waals surface area (Å²) in [6, 6.07) is 5.04. The number of fused-ring (bicyclic) bond motifs is 1. The minimum absolute atomic E-state index is 0.0201. The zero-order chi connectivity index (χ0) is 10.8. The maximum Gasteiger partial charge on any atom is 0.396 e. The van der Waals surface area contributed by atoms with Gasteiger partial charge in [0, 0.05) is 5.56 Å². The van der Waals surface area contributed by atoms with Crippen molar-refractivity contribution in [2.45, 2.75) is 0 Å². The van der Waals surface area contributed by atoms with Crippen LogP contribution in [0.4, 0.5) is 0 Å². The van der Waals surface area contributed by atoms with Gasteiger partial charge in [0.15, 0.2) is 5.78 Å². The predicted molar refractivity (Wildman–Crippen MR) is 58.6 cm³/mol. The van der Waals surface area contributed by atoms with Gasteiger partial charge < -0.3 is 9.73 Å². The van der Waals surface area contributed by atoms with Crippen LogP contribution in [0.3, 0.4) is 0 Å². The topological polar surface area (TPSA) is 59.3 Å². The molecular weight excluding hydrogens is 214 g/mol. The number of nitrogens with one attached hydrogen (secondary N) is 1. The lowest BCUT2D eigenvalue weighted by atomic mass is 10.1. The van der Waals surface area contributed by atoms with E-state index in [0.29, 0.717) is 11.1 Å². The number of rotatable bonds is 3. The van der Waals surface area contributed by atoms with Gasteiger partial charge in [-0.05, 0) is 25.2 Å². The summed E-state index contributed by atoms with van der Waals surface area (Å²) >= 11 is 1.04. The van der Waals surface area contributed by atoms with E-state index in [-0.39, 0.29) is 17.3 Å². The molecule has 15 heavy (non-hydrogen) atoms. The number of likely N-dealkylation sites (N-methyl/N-ethyl adjacent to an activating group) is 1. The van der Waals surface area contributed by atoms with Gasteiger partial charge in [-0.25, -0.2) is 4.79 Å². The summed E-state index contributed by atoms with van der Waals surface area (Å²) in [5, 5.41) is 2.78. The van der Waals surface area contributed by atoms with Crippen LogP contribution in [0, 0.1) is 0 Å². The zero-order valence-corrected chi connectivity index (χ0v) is 8.89. The van der Waals surface area contributed by atoms with Crippen LogP contribution < -0.4 is 10.3 Å². The molecule has 2 rings (SSSR count). The van der Waals surface area contributed by atoms with Gasteiger partial charge in [-0.2, -0.15) is 0 Å². The Labute approximate surface area is 89.5 Å². The average molecular weight is 223 g/mol. The molecule has 0 aliphatic heterocycles. The van der Waals surface area contributed by atoms with Crippen molar-refractivity contribution in [1.82, 2.24) is 5.32 Å². The van der Waals surface area contributed by atoms with Crippen LogP contribution in [0.1, 0.15) is 10.4 Å². The first kappa shape index (κ1) is 10.1. The molecular formula is C10H9NO3S. The van der Waals surface area contributed by atoms with E-state index >= 15 is 0 Å². The average Bonchev–Trinajstić information content (AvgIpc) is 2.57. The maximum absolute atomic E-state index is 11.5. The highest BCUT2D eigenvalue weighted by molar-refractivity contribution is 7.16. The molecule has 0 amide bonds. The van der Waals surface area contributed by atoms with E-state index in [1.165, 1.54) is 0 Å². The third-order valence-corrected chi connectivity index (χ3v) is 2.80. The van der Waals surface area contributed by atoms with Crippen molar-refractivity contribution >= 4 is 27.4 Å². The first-order valence-electron chi connectivity index (χ1n) is 4.42. The number of Topliss-reactive ketones (excluding diaryl/α,β-unsaturated/α-hetero) is 1. The molecule has 5 heteroatoms.